The maximum Gasteiger partial charge on any atom is 0.217 e. The average Bonchev–Trinajstić information content (AvgIpc) is 0.773. The highest BCUT2D eigenvalue weighted by Crippen LogP contribution is 2.39. The van der Waals surface area contributed by atoms with Crippen LogP contribution in [0.1, 0.15) is 20.8 Å². The van der Waals surface area contributed by atoms with Gasteiger partial charge in [-0.05, 0) is 6.92 Å². The Bertz CT molecular complexity index is 2360. The largest absolute Gasteiger partial charge is 0.394 e. The molecule has 94 heavy (non-hydrogen) atoms. The van der Waals surface area contributed by atoms with Gasteiger partial charge in [0, 0.05) is 13.8 Å². The van der Waals surface area contributed by atoms with Crippen LogP contribution in [0.4, 0.5) is 0 Å². The molecule has 0 saturated carbocycles. The minimum Gasteiger partial charge on any atom is -0.394 e. The quantitative estimate of drug-likeness (QED) is 0.0452. The average molecular weight is 1380 g/mol. The molecule has 25 N–H and O–H groups in total. The summed E-state index contributed by atoms with van der Waals surface area (Å²) < 4.78 is 87.0. The normalized spacial score (nSPS) is 51.2. The zero-order valence-corrected chi connectivity index (χ0v) is 50.3. The summed E-state index contributed by atoms with van der Waals surface area (Å²) >= 11 is 0. The van der Waals surface area contributed by atoms with Gasteiger partial charge in [0.05, 0.1) is 52.4 Å². The number of ether oxygens (including phenoxy) is 15. The topological polar surface area (TPSA) is 662 Å². The van der Waals surface area contributed by atoms with E-state index in [2.05, 4.69) is 10.6 Å². The van der Waals surface area contributed by atoms with Crippen LogP contribution in [0, 0.1) is 0 Å². The fourth-order valence-corrected chi connectivity index (χ4v) is 12.1. The van der Waals surface area contributed by atoms with Crippen molar-refractivity contribution < 1.29 is 198 Å². The van der Waals surface area contributed by atoms with E-state index in [1.165, 1.54) is 6.92 Å². The van der Waals surface area contributed by atoms with E-state index in [0.29, 0.717) is 0 Å². The molecule has 2 amide bonds. The molecule has 8 aliphatic heterocycles. The highest BCUT2D eigenvalue weighted by molar-refractivity contribution is 5.73. The molecule has 0 aliphatic carbocycles. The second-order valence-electron chi connectivity index (χ2n) is 23.9. The van der Waals surface area contributed by atoms with Crippen molar-refractivity contribution in [3.63, 3.8) is 0 Å². The Hall–Kier alpha value is -2.58. The standard InChI is InChI=1S/C52H88N2O40/c1-11-23(63)30(70)35(75)49(81-11)94-44-43(93-47-22(54-13(3)62)29(69)25(65)15(5-56)84-47)26(66)16(6-57)85-52(44)91-41-19(9-60)87-50(37(77)33(41)73)92-42-27(67)20(88-51(38(42)78)90-39-17(7-58)82-45(79)34(74)31(39)71)10-80-48-36(76)32(72)40(18(8-59)86-48)89-46-21(53-12(2)61)28(68)24(64)14(4-55)83-46/h11,14-52,55-60,63-79H,4-10H2,1-3H3,(H,53,61)(H,54,62)/t11-,14+,15+,16+,17+,18+,19+,20+,21+,22+,23+,24+,25-,26-,27-,28+,29+,30+,31+,32+,33+,34+,35-,36+,37+,38+,39+,40-,41-,42-,43-,44+,45+,46+,47+,48+,49-,50-,51-,52-/m0/s1. The van der Waals surface area contributed by atoms with Gasteiger partial charge in [-0.1, -0.05) is 0 Å². The molecule has 8 rings (SSSR count). The van der Waals surface area contributed by atoms with Crippen LogP contribution in [-0.2, 0) is 80.6 Å². The Morgan fingerprint density at radius 2 is 0.638 bits per heavy atom. The second kappa shape index (κ2) is 33.3. The van der Waals surface area contributed by atoms with Crippen LogP contribution >= 0.6 is 0 Å². The maximum atomic E-state index is 12.4. The first-order chi connectivity index (χ1) is 44.4. The van der Waals surface area contributed by atoms with E-state index in [1.807, 2.05) is 0 Å². The maximum absolute atomic E-state index is 12.4. The Kier molecular flexibility index (Phi) is 27.3. The van der Waals surface area contributed by atoms with Gasteiger partial charge in [-0.3, -0.25) is 9.59 Å². The molecule has 8 saturated heterocycles. The molecule has 546 valence electrons. The van der Waals surface area contributed by atoms with E-state index in [9.17, 15) is 127 Å². The number of rotatable bonds is 23. The number of nitrogens with one attached hydrogen (secondary N) is 2. The number of amides is 2. The van der Waals surface area contributed by atoms with Crippen LogP contribution in [0.3, 0.4) is 0 Å². The monoisotopic (exact) mass is 1380 g/mol. The van der Waals surface area contributed by atoms with E-state index >= 15 is 0 Å². The van der Waals surface area contributed by atoms with Gasteiger partial charge in [0.1, 0.15) is 189 Å². The second-order valence-corrected chi connectivity index (χ2v) is 23.9. The van der Waals surface area contributed by atoms with E-state index in [-0.39, 0.29) is 0 Å². The van der Waals surface area contributed by atoms with E-state index in [4.69, 9.17) is 71.1 Å². The molecule has 42 heteroatoms. The minimum absolute atomic E-state index is 0.757. The van der Waals surface area contributed by atoms with Crippen LogP contribution in [0.25, 0.3) is 0 Å². The molecule has 0 aromatic carbocycles. The lowest BCUT2D eigenvalue weighted by molar-refractivity contribution is -0.407. The van der Waals surface area contributed by atoms with Gasteiger partial charge in [-0.25, -0.2) is 0 Å². The third kappa shape index (κ3) is 16.4. The van der Waals surface area contributed by atoms with Crippen molar-refractivity contribution in [3.05, 3.63) is 0 Å². The minimum atomic E-state index is -2.45. The van der Waals surface area contributed by atoms with E-state index in [0.717, 1.165) is 13.8 Å². The number of aliphatic hydroxyl groups excluding tert-OH is 23. The molecular formula is C52H88N2O40. The summed E-state index contributed by atoms with van der Waals surface area (Å²) in [7, 11) is 0. The first-order valence-corrected chi connectivity index (χ1v) is 30.0. The molecule has 42 nitrogen and oxygen atoms in total. The molecule has 0 unspecified atom stereocenters. The summed E-state index contributed by atoms with van der Waals surface area (Å²) in [4.78, 5) is 24.5. The van der Waals surface area contributed by atoms with Gasteiger partial charge >= 0.3 is 0 Å². The van der Waals surface area contributed by atoms with Crippen LogP contribution in [0.2, 0.25) is 0 Å². The number of hydrogen-bond acceptors (Lipinski definition) is 40. The van der Waals surface area contributed by atoms with Crippen molar-refractivity contribution in [3.8, 4) is 0 Å². The van der Waals surface area contributed by atoms with Crippen LogP contribution in [0.5, 0.6) is 0 Å². The first-order valence-electron chi connectivity index (χ1n) is 30.0. The number of carbonyl (C=O) groups is 2. The molecule has 0 aromatic heterocycles. The summed E-state index contributed by atoms with van der Waals surface area (Å²) in [6.45, 7) is -3.94. The molecule has 8 heterocycles. The van der Waals surface area contributed by atoms with Crippen molar-refractivity contribution in [2.75, 3.05) is 46.2 Å². The summed E-state index contributed by atoms with van der Waals surface area (Å²) in [5.74, 6) is -1.58. The van der Waals surface area contributed by atoms with Gasteiger partial charge in [-0.15, -0.1) is 0 Å². The van der Waals surface area contributed by atoms with E-state index in [1.54, 1.807) is 0 Å². The Labute approximate surface area is 532 Å². The highest BCUT2D eigenvalue weighted by atomic mass is 16.8. The molecule has 8 aliphatic rings. The van der Waals surface area contributed by atoms with Crippen LogP contribution in [-0.4, -0.2) is 421 Å². The molecule has 0 spiro atoms. The lowest BCUT2D eigenvalue weighted by atomic mass is 9.94. The van der Waals surface area contributed by atoms with Gasteiger partial charge in [-0.2, -0.15) is 0 Å². The number of carbonyl (C=O) groups excluding carboxylic acids is 2. The Morgan fingerprint density at radius 3 is 1.14 bits per heavy atom. The molecule has 0 bridgehead atoms. The number of hydrogen-bond donors (Lipinski definition) is 25. The number of aliphatic hydroxyl groups is 23. The SMILES string of the molecule is CC(=O)N[C@H]1[C@@H](O[C@H]2[C@@H](O)[C@@H](CO)O[C@@H](O[C@@H]3[C@H](O)[C@@H](O)[C@H](O[C@H]4[C@@H](O)[C@@H](CO[C@@H]5O[C@H](CO)[C@H](O[C@H]6O[C@H](CO)[C@@H](O)[C@H](O)[C@H]6NC(C)=O)[C@H](O)[C@H]5O)O[C@@H](O[C@H]5[C@H](O)[C@@H](O)[C@H](O)O[C@@H]5CO)[C@@H]4O)O[C@@H]3CO)[C@@H]2O[C@@H]2O[C@@H](C)[C@@H](O)[C@@H](O)[C@@H]2O)O[C@H](CO)[C@H](O)[C@@H]1O. The van der Waals surface area contributed by atoms with Crippen molar-refractivity contribution in [1.29, 1.82) is 0 Å². The zero-order valence-electron chi connectivity index (χ0n) is 50.3. The molecule has 0 aromatic rings. The Balaban J connectivity index is 1.05. The molecule has 8 fully saturated rings. The third-order valence-corrected chi connectivity index (χ3v) is 17.4. The van der Waals surface area contributed by atoms with Gasteiger partial charge < -0.3 is 199 Å². The predicted molar refractivity (Wildman–Crippen MR) is 286 cm³/mol. The third-order valence-electron chi connectivity index (χ3n) is 17.4. The summed E-state index contributed by atoms with van der Waals surface area (Å²) in [5.41, 5.74) is 0. The highest BCUT2D eigenvalue weighted by Gasteiger charge is 2.60. The molecular weight excluding hydrogens is 1290 g/mol. The van der Waals surface area contributed by atoms with E-state index < -0.39 is 304 Å². The predicted octanol–water partition coefficient (Wildman–Crippen LogP) is -17.1. The van der Waals surface area contributed by atoms with Gasteiger partial charge in [0.15, 0.2) is 50.3 Å². The van der Waals surface area contributed by atoms with Crippen molar-refractivity contribution in [1.82, 2.24) is 10.6 Å². The summed E-state index contributed by atoms with van der Waals surface area (Å²) in [5, 5.41) is 256. The smallest absolute Gasteiger partial charge is 0.217 e. The fraction of sp³-hybridized carbons (Fsp3) is 0.962. The Morgan fingerprint density at radius 1 is 0.298 bits per heavy atom. The molecule has 40 atom stereocenters. The van der Waals surface area contributed by atoms with Crippen LogP contribution < -0.4 is 10.6 Å². The van der Waals surface area contributed by atoms with Crippen LogP contribution in [0.15, 0.2) is 0 Å². The van der Waals surface area contributed by atoms with Crippen molar-refractivity contribution in [2.24, 2.45) is 0 Å². The summed E-state index contributed by atoms with van der Waals surface area (Å²) in [6, 6.07) is -3.29. The van der Waals surface area contributed by atoms with Gasteiger partial charge in [0.25, 0.3) is 0 Å². The summed E-state index contributed by atoms with van der Waals surface area (Å²) in [6.07, 6.45) is -76.0. The molecule has 0 radical (unpaired) electrons. The van der Waals surface area contributed by atoms with Gasteiger partial charge in [0.2, 0.25) is 11.8 Å². The van der Waals surface area contributed by atoms with Crippen molar-refractivity contribution >= 4 is 11.8 Å². The fourth-order valence-electron chi connectivity index (χ4n) is 12.1. The zero-order chi connectivity index (χ0) is 69.2. The van der Waals surface area contributed by atoms with Crippen molar-refractivity contribution in [2.45, 2.75) is 266 Å². The lowest BCUT2D eigenvalue weighted by Gasteiger charge is -2.51. The lowest BCUT2D eigenvalue weighted by Crippen LogP contribution is -2.70. The first kappa shape index (κ1) is 77.2.